The number of halogens is 1. The average Bonchev–Trinajstić information content (AvgIpc) is 2.74. The van der Waals surface area contributed by atoms with Crippen molar-refractivity contribution in [2.75, 3.05) is 54.0 Å². The third-order valence-electron chi connectivity index (χ3n) is 5.31. The lowest BCUT2D eigenvalue weighted by Gasteiger charge is -2.37. The summed E-state index contributed by atoms with van der Waals surface area (Å²) in [6.07, 6.45) is 5.56. The molecule has 0 unspecified atom stereocenters. The third kappa shape index (κ3) is 3.65. The lowest BCUT2D eigenvalue weighted by molar-refractivity contribution is 0.571. The van der Waals surface area contributed by atoms with E-state index >= 15 is 0 Å². The summed E-state index contributed by atoms with van der Waals surface area (Å²) in [6.45, 7) is 5.00. The van der Waals surface area contributed by atoms with E-state index in [1.165, 1.54) is 25.3 Å². The molecule has 0 atom stereocenters. The number of nitrogens with zero attached hydrogens (tertiary/aromatic N) is 6. The van der Waals surface area contributed by atoms with Gasteiger partial charge < -0.3 is 14.7 Å². The van der Waals surface area contributed by atoms with Gasteiger partial charge in [-0.25, -0.2) is 9.37 Å². The Morgan fingerprint density at radius 2 is 1.63 bits per heavy atom. The van der Waals surface area contributed by atoms with E-state index in [1.54, 1.807) is 6.07 Å². The molecule has 2 aromatic rings. The quantitative estimate of drug-likeness (QED) is 0.833. The zero-order valence-electron chi connectivity index (χ0n) is 15.3. The molecule has 1 aromatic heterocycles. The Labute approximate surface area is 158 Å². The van der Waals surface area contributed by atoms with E-state index in [4.69, 9.17) is 4.98 Å². The van der Waals surface area contributed by atoms with Crippen molar-refractivity contribution in [3.63, 3.8) is 0 Å². The van der Waals surface area contributed by atoms with Gasteiger partial charge in [-0.1, -0.05) is 6.07 Å². The summed E-state index contributed by atoms with van der Waals surface area (Å²) >= 11 is 0. The Hall–Kier alpha value is -2.88. The highest BCUT2D eigenvalue weighted by Gasteiger charge is 2.23. The SMILES string of the molecule is N#Cc1c(F)cccc1N1CCN(c2nccc(N3CCCCC3)n2)CC1. The van der Waals surface area contributed by atoms with Gasteiger partial charge in [0.1, 0.15) is 23.3 Å². The molecule has 6 nitrogen and oxygen atoms in total. The van der Waals surface area contributed by atoms with Crippen molar-refractivity contribution >= 4 is 17.5 Å². The molecule has 2 aliphatic rings. The minimum atomic E-state index is -0.463. The minimum absolute atomic E-state index is 0.120. The number of benzene rings is 1. The van der Waals surface area contributed by atoms with E-state index in [9.17, 15) is 9.65 Å². The maximum atomic E-state index is 13.9. The maximum absolute atomic E-state index is 13.9. The number of nitriles is 1. The summed E-state index contributed by atoms with van der Waals surface area (Å²) in [4.78, 5) is 15.8. The molecule has 27 heavy (non-hydrogen) atoms. The molecule has 0 N–H and O–H groups in total. The summed E-state index contributed by atoms with van der Waals surface area (Å²) in [5, 5.41) is 9.26. The summed E-state index contributed by atoms with van der Waals surface area (Å²) < 4.78 is 13.9. The van der Waals surface area contributed by atoms with Gasteiger partial charge in [-0.3, -0.25) is 0 Å². The Balaban J connectivity index is 1.45. The second-order valence-electron chi connectivity index (χ2n) is 6.98. The predicted molar refractivity (Wildman–Crippen MR) is 104 cm³/mol. The first kappa shape index (κ1) is 17.5. The molecule has 0 aliphatic carbocycles. The lowest BCUT2D eigenvalue weighted by atomic mass is 10.1. The summed E-state index contributed by atoms with van der Waals surface area (Å²) in [7, 11) is 0. The van der Waals surface area contributed by atoms with Gasteiger partial charge in [0.2, 0.25) is 5.95 Å². The Bertz CT molecular complexity index is 835. The van der Waals surface area contributed by atoms with Crippen molar-refractivity contribution < 1.29 is 4.39 Å². The van der Waals surface area contributed by atoms with Gasteiger partial charge in [-0.2, -0.15) is 10.2 Å². The number of hydrogen-bond acceptors (Lipinski definition) is 6. The van der Waals surface area contributed by atoms with Crippen LogP contribution in [0.15, 0.2) is 30.5 Å². The van der Waals surface area contributed by atoms with Crippen LogP contribution >= 0.6 is 0 Å². The average molecular weight is 366 g/mol. The second-order valence-corrected chi connectivity index (χ2v) is 6.98. The van der Waals surface area contributed by atoms with Gasteiger partial charge >= 0.3 is 0 Å². The summed E-state index contributed by atoms with van der Waals surface area (Å²) in [5.74, 6) is 1.28. The van der Waals surface area contributed by atoms with Crippen LogP contribution in [0.2, 0.25) is 0 Å². The van der Waals surface area contributed by atoms with E-state index in [0.29, 0.717) is 18.8 Å². The van der Waals surface area contributed by atoms with Crippen LogP contribution in [0.1, 0.15) is 24.8 Å². The van der Waals surface area contributed by atoms with E-state index in [0.717, 1.165) is 37.9 Å². The summed E-state index contributed by atoms with van der Waals surface area (Å²) in [5.41, 5.74) is 0.787. The van der Waals surface area contributed by atoms with Gasteiger partial charge in [0.25, 0.3) is 0 Å². The monoisotopic (exact) mass is 366 g/mol. The molecule has 3 heterocycles. The largest absolute Gasteiger partial charge is 0.367 e. The van der Waals surface area contributed by atoms with Gasteiger partial charge in [-0.15, -0.1) is 0 Å². The Morgan fingerprint density at radius 1 is 0.889 bits per heavy atom. The first-order chi connectivity index (χ1) is 13.3. The van der Waals surface area contributed by atoms with Gasteiger partial charge in [-0.05, 0) is 37.5 Å². The molecule has 1 aromatic carbocycles. The van der Waals surface area contributed by atoms with E-state index < -0.39 is 5.82 Å². The fraction of sp³-hybridized carbons (Fsp3) is 0.450. The Morgan fingerprint density at radius 3 is 2.37 bits per heavy atom. The van der Waals surface area contributed by atoms with Crippen LogP contribution in [0.25, 0.3) is 0 Å². The van der Waals surface area contributed by atoms with Crippen LogP contribution < -0.4 is 14.7 Å². The summed E-state index contributed by atoms with van der Waals surface area (Å²) in [6, 6.07) is 8.77. The third-order valence-corrected chi connectivity index (χ3v) is 5.31. The molecule has 0 bridgehead atoms. The van der Waals surface area contributed by atoms with Crippen LogP contribution in [0.4, 0.5) is 21.8 Å². The number of piperidine rings is 1. The smallest absolute Gasteiger partial charge is 0.227 e. The number of aromatic nitrogens is 2. The number of piperazine rings is 1. The molecule has 0 radical (unpaired) electrons. The van der Waals surface area contributed by atoms with Gasteiger partial charge in [0, 0.05) is 45.5 Å². The highest BCUT2D eigenvalue weighted by atomic mass is 19.1. The molecule has 2 saturated heterocycles. The number of anilines is 3. The molecule has 4 rings (SSSR count). The van der Waals surface area contributed by atoms with E-state index in [1.807, 2.05) is 24.4 Å². The minimum Gasteiger partial charge on any atom is -0.367 e. The topological polar surface area (TPSA) is 59.3 Å². The zero-order valence-corrected chi connectivity index (χ0v) is 15.3. The lowest BCUT2D eigenvalue weighted by Crippen LogP contribution is -2.47. The van der Waals surface area contributed by atoms with Crippen LogP contribution in [0, 0.1) is 17.1 Å². The standard InChI is InChI=1S/C20H23FN6/c21-17-5-4-6-18(16(17)15-22)25-11-13-27(14-12-25)20-23-8-7-19(24-20)26-9-2-1-3-10-26/h4-8H,1-3,9-14H2. The molecule has 140 valence electrons. The van der Waals surface area contributed by atoms with Crippen molar-refractivity contribution in [1.29, 1.82) is 5.26 Å². The highest BCUT2D eigenvalue weighted by molar-refractivity contribution is 5.60. The van der Waals surface area contributed by atoms with Gasteiger partial charge in [0.05, 0.1) is 5.69 Å². The highest BCUT2D eigenvalue weighted by Crippen LogP contribution is 2.25. The molecule has 2 fully saturated rings. The normalized spacial score (nSPS) is 17.7. The first-order valence-corrected chi connectivity index (χ1v) is 9.53. The van der Waals surface area contributed by atoms with Crippen molar-refractivity contribution in [3.8, 4) is 6.07 Å². The zero-order chi connectivity index (χ0) is 18.6. The fourth-order valence-electron chi connectivity index (χ4n) is 3.82. The second kappa shape index (κ2) is 7.78. The molecule has 2 aliphatic heterocycles. The molecular formula is C20H23FN6. The van der Waals surface area contributed by atoms with E-state index in [2.05, 4.69) is 19.7 Å². The van der Waals surface area contributed by atoms with E-state index in [-0.39, 0.29) is 5.56 Å². The van der Waals surface area contributed by atoms with Crippen molar-refractivity contribution in [2.45, 2.75) is 19.3 Å². The fourth-order valence-corrected chi connectivity index (χ4v) is 3.82. The van der Waals surface area contributed by atoms with Crippen LogP contribution in [0.3, 0.4) is 0 Å². The van der Waals surface area contributed by atoms with Crippen molar-refractivity contribution in [2.24, 2.45) is 0 Å². The van der Waals surface area contributed by atoms with Crippen molar-refractivity contribution in [3.05, 3.63) is 41.8 Å². The number of hydrogen-bond donors (Lipinski definition) is 0. The van der Waals surface area contributed by atoms with Gasteiger partial charge in [0.15, 0.2) is 0 Å². The predicted octanol–water partition coefficient (Wildman–Crippen LogP) is 2.80. The first-order valence-electron chi connectivity index (χ1n) is 9.53. The number of rotatable bonds is 3. The van der Waals surface area contributed by atoms with Crippen LogP contribution in [-0.2, 0) is 0 Å². The van der Waals surface area contributed by atoms with Crippen LogP contribution in [0.5, 0.6) is 0 Å². The van der Waals surface area contributed by atoms with Crippen LogP contribution in [-0.4, -0.2) is 49.2 Å². The molecular weight excluding hydrogens is 343 g/mol. The molecule has 0 saturated carbocycles. The molecule has 0 amide bonds. The Kier molecular flexibility index (Phi) is 5.05. The van der Waals surface area contributed by atoms with Crippen molar-refractivity contribution in [1.82, 2.24) is 9.97 Å². The maximum Gasteiger partial charge on any atom is 0.227 e. The molecule has 0 spiro atoms. The molecule has 7 heteroatoms.